The predicted molar refractivity (Wildman–Crippen MR) is 128 cm³/mol. The summed E-state index contributed by atoms with van der Waals surface area (Å²) in [6.07, 6.45) is 4.14. The molecule has 1 N–H and O–H groups in total. The number of carbonyl (C=O) groups is 1. The van der Waals surface area contributed by atoms with Gasteiger partial charge in [0.05, 0.1) is 5.02 Å². The zero-order chi connectivity index (χ0) is 22.1. The van der Waals surface area contributed by atoms with E-state index in [1.165, 1.54) is 0 Å². The number of aromatic amines is 1. The number of amides is 1. The molecule has 31 heavy (non-hydrogen) atoms. The van der Waals surface area contributed by atoms with E-state index in [0.717, 1.165) is 31.4 Å². The van der Waals surface area contributed by atoms with Crippen molar-refractivity contribution in [2.24, 2.45) is 5.92 Å². The van der Waals surface area contributed by atoms with E-state index in [2.05, 4.69) is 16.9 Å². The molecule has 1 fully saturated rings. The Morgan fingerprint density at radius 2 is 1.65 bits per heavy atom. The van der Waals surface area contributed by atoms with Gasteiger partial charge >= 0.3 is 0 Å². The lowest BCUT2D eigenvalue weighted by molar-refractivity contribution is 0.0962. The molecule has 4 nitrogen and oxygen atoms in total. The smallest absolute Gasteiger partial charge is 0.279 e. The minimum absolute atomic E-state index is 0.119. The number of nitrogens with one attached hydrogen (secondary N) is 1. The maximum atomic E-state index is 13.8. The van der Waals surface area contributed by atoms with E-state index in [4.69, 9.17) is 34.8 Å². The summed E-state index contributed by atoms with van der Waals surface area (Å²) in [5, 5.41) is 1.67. The van der Waals surface area contributed by atoms with Crippen LogP contribution < -0.4 is 4.90 Å². The van der Waals surface area contributed by atoms with Crippen molar-refractivity contribution < 1.29 is 4.79 Å². The van der Waals surface area contributed by atoms with Crippen LogP contribution in [0.5, 0.6) is 0 Å². The monoisotopic (exact) mass is 475 g/mol. The Bertz CT molecular complexity index is 1090. The molecule has 0 bridgehead atoms. The van der Waals surface area contributed by atoms with E-state index < -0.39 is 0 Å². The lowest BCUT2D eigenvalue weighted by Gasteiger charge is -2.36. The molecule has 1 aliphatic carbocycles. The Labute approximate surface area is 197 Å². The van der Waals surface area contributed by atoms with Gasteiger partial charge in [0.2, 0.25) is 0 Å². The highest BCUT2D eigenvalue weighted by molar-refractivity contribution is 6.36. The highest BCUT2D eigenvalue weighted by atomic mass is 35.5. The van der Waals surface area contributed by atoms with Crippen LogP contribution in [0.1, 0.15) is 48.8 Å². The maximum absolute atomic E-state index is 13.8. The third-order valence-corrected chi connectivity index (χ3v) is 6.75. The number of hydrogen-bond donors (Lipinski definition) is 1. The first-order chi connectivity index (χ1) is 14.8. The van der Waals surface area contributed by atoms with Gasteiger partial charge in [0.1, 0.15) is 11.5 Å². The lowest BCUT2D eigenvalue weighted by atomic mass is 9.86. The van der Waals surface area contributed by atoms with Crippen LogP contribution in [0.4, 0.5) is 5.69 Å². The van der Waals surface area contributed by atoms with Crippen LogP contribution >= 0.6 is 34.8 Å². The highest BCUT2D eigenvalue weighted by Crippen LogP contribution is 2.34. The average molecular weight is 477 g/mol. The van der Waals surface area contributed by atoms with Crippen LogP contribution in [0.25, 0.3) is 11.4 Å². The Morgan fingerprint density at radius 1 is 1.00 bits per heavy atom. The zero-order valence-corrected chi connectivity index (χ0v) is 19.7. The molecular formula is C24H24Cl3N3O. The van der Waals surface area contributed by atoms with Gasteiger partial charge in [0.15, 0.2) is 0 Å². The number of carbonyl (C=O) groups excluding carboxylic acids is 1. The van der Waals surface area contributed by atoms with Gasteiger partial charge in [-0.2, -0.15) is 0 Å². The first-order valence-electron chi connectivity index (χ1n) is 10.4. The molecule has 0 atom stereocenters. The number of anilines is 1. The lowest BCUT2D eigenvalue weighted by Crippen LogP contribution is -2.43. The third-order valence-electron chi connectivity index (χ3n) is 5.95. The first-order valence-corrected chi connectivity index (χ1v) is 11.6. The summed E-state index contributed by atoms with van der Waals surface area (Å²) in [5.41, 5.74) is 2.64. The van der Waals surface area contributed by atoms with E-state index in [9.17, 15) is 4.79 Å². The molecule has 2 aromatic carbocycles. The van der Waals surface area contributed by atoms with Crippen molar-refractivity contribution in [1.29, 1.82) is 0 Å². The second kappa shape index (κ2) is 9.23. The zero-order valence-electron chi connectivity index (χ0n) is 17.5. The fourth-order valence-corrected chi connectivity index (χ4v) is 4.81. The molecule has 0 radical (unpaired) electrons. The van der Waals surface area contributed by atoms with Crippen molar-refractivity contribution in [3.05, 3.63) is 68.9 Å². The number of rotatable bonds is 4. The van der Waals surface area contributed by atoms with Crippen LogP contribution in [-0.4, -0.2) is 21.9 Å². The Balaban J connectivity index is 1.71. The van der Waals surface area contributed by atoms with Crippen LogP contribution in [0.3, 0.4) is 0 Å². The Hall–Kier alpha value is -2.01. The van der Waals surface area contributed by atoms with Crippen molar-refractivity contribution >= 4 is 46.4 Å². The molecule has 4 rings (SSSR count). The molecule has 1 aromatic heterocycles. The van der Waals surface area contributed by atoms with E-state index in [0.29, 0.717) is 43.8 Å². The molecule has 0 spiro atoms. The SMILES string of the molecule is Cc1[nH]c(-c2ccc(Cl)cc2Cl)nc1C(=O)N(c1ccc(Cl)cc1)C1CCC(C)CC1. The van der Waals surface area contributed by atoms with Gasteiger partial charge in [-0.1, -0.05) is 41.7 Å². The number of hydrogen-bond acceptors (Lipinski definition) is 2. The number of benzene rings is 2. The third kappa shape index (κ3) is 4.77. The average Bonchev–Trinajstić information content (AvgIpc) is 3.12. The van der Waals surface area contributed by atoms with Crippen LogP contribution in [0.15, 0.2) is 42.5 Å². The van der Waals surface area contributed by atoms with Gasteiger partial charge in [0, 0.05) is 33.0 Å². The second-order valence-corrected chi connectivity index (χ2v) is 9.53. The minimum atomic E-state index is -0.119. The minimum Gasteiger partial charge on any atom is -0.341 e. The van der Waals surface area contributed by atoms with Crippen molar-refractivity contribution in [3.63, 3.8) is 0 Å². The molecule has 0 aliphatic heterocycles. The van der Waals surface area contributed by atoms with Gasteiger partial charge in [-0.3, -0.25) is 4.79 Å². The second-order valence-electron chi connectivity index (χ2n) is 8.25. The van der Waals surface area contributed by atoms with E-state index in [-0.39, 0.29) is 11.9 Å². The Kier molecular flexibility index (Phi) is 6.61. The first kappa shape index (κ1) is 22.2. The molecule has 162 valence electrons. The van der Waals surface area contributed by atoms with Gasteiger partial charge < -0.3 is 9.88 Å². The number of aromatic nitrogens is 2. The van der Waals surface area contributed by atoms with E-state index in [1.807, 2.05) is 36.1 Å². The molecule has 0 saturated heterocycles. The highest BCUT2D eigenvalue weighted by Gasteiger charge is 2.32. The topological polar surface area (TPSA) is 49.0 Å². The Morgan fingerprint density at radius 3 is 2.29 bits per heavy atom. The van der Waals surface area contributed by atoms with Gasteiger partial charge in [-0.25, -0.2) is 4.98 Å². The molecule has 1 saturated carbocycles. The van der Waals surface area contributed by atoms with Crippen molar-refractivity contribution in [1.82, 2.24) is 9.97 Å². The fourth-order valence-electron chi connectivity index (χ4n) is 4.19. The number of H-pyrrole nitrogens is 1. The quantitative estimate of drug-likeness (QED) is 0.422. The van der Waals surface area contributed by atoms with E-state index >= 15 is 0 Å². The predicted octanol–water partition coefficient (Wildman–Crippen LogP) is 7.57. The molecule has 3 aromatic rings. The number of aryl methyl sites for hydroxylation is 1. The molecular weight excluding hydrogens is 453 g/mol. The normalized spacial score (nSPS) is 18.7. The van der Waals surface area contributed by atoms with Crippen molar-refractivity contribution in [3.8, 4) is 11.4 Å². The summed E-state index contributed by atoms with van der Waals surface area (Å²) in [6, 6.07) is 12.8. The number of imidazole rings is 1. The van der Waals surface area contributed by atoms with Crippen molar-refractivity contribution in [2.45, 2.75) is 45.6 Å². The molecule has 1 aliphatic rings. The molecule has 0 unspecified atom stereocenters. The maximum Gasteiger partial charge on any atom is 0.279 e. The summed E-state index contributed by atoms with van der Waals surface area (Å²) < 4.78 is 0. The molecule has 1 amide bonds. The standard InChI is InChI=1S/C24H24Cl3N3O/c1-14-3-8-18(9-4-14)30(19-10-5-16(25)6-11-19)24(31)22-15(2)28-23(29-22)20-12-7-17(26)13-21(20)27/h5-7,10-14,18H,3-4,8-9H2,1-2H3,(H,28,29). The summed E-state index contributed by atoms with van der Waals surface area (Å²) in [7, 11) is 0. The number of nitrogens with zero attached hydrogens (tertiary/aromatic N) is 2. The molecule has 7 heteroatoms. The largest absolute Gasteiger partial charge is 0.341 e. The van der Waals surface area contributed by atoms with Crippen LogP contribution in [-0.2, 0) is 0 Å². The van der Waals surface area contributed by atoms with Gasteiger partial charge in [-0.15, -0.1) is 0 Å². The van der Waals surface area contributed by atoms with Crippen molar-refractivity contribution in [2.75, 3.05) is 4.90 Å². The van der Waals surface area contributed by atoms with E-state index in [1.54, 1.807) is 18.2 Å². The van der Waals surface area contributed by atoms with Gasteiger partial charge in [-0.05, 0) is 81.0 Å². The molecule has 1 heterocycles. The summed E-state index contributed by atoms with van der Waals surface area (Å²) in [4.78, 5) is 23.5. The summed E-state index contributed by atoms with van der Waals surface area (Å²) >= 11 is 18.5. The van der Waals surface area contributed by atoms with Crippen LogP contribution in [0, 0.1) is 12.8 Å². The summed E-state index contributed by atoms with van der Waals surface area (Å²) in [5.74, 6) is 1.12. The van der Waals surface area contributed by atoms with Crippen LogP contribution in [0.2, 0.25) is 15.1 Å². The summed E-state index contributed by atoms with van der Waals surface area (Å²) in [6.45, 7) is 4.13. The van der Waals surface area contributed by atoms with Gasteiger partial charge in [0.25, 0.3) is 5.91 Å². The fraction of sp³-hybridized carbons (Fsp3) is 0.333. The number of halogens is 3.